The first kappa shape index (κ1) is 30.6. The summed E-state index contributed by atoms with van der Waals surface area (Å²) in [6.07, 6.45) is 4.17. The van der Waals surface area contributed by atoms with Gasteiger partial charge in [0.25, 0.3) is 0 Å². The summed E-state index contributed by atoms with van der Waals surface area (Å²) in [5.41, 5.74) is 1.42. The number of carbonyl (C=O) groups is 4. The Hall–Kier alpha value is -3.39. The lowest BCUT2D eigenvalue weighted by Gasteiger charge is -2.38. The zero-order valence-corrected chi connectivity index (χ0v) is 24.5. The molecular weight excluding hydrogens is 542 g/mol. The van der Waals surface area contributed by atoms with E-state index in [-0.39, 0.29) is 24.2 Å². The Morgan fingerprint density at radius 1 is 1.10 bits per heavy atom. The molecular formula is C32H40ClN3O5. The van der Waals surface area contributed by atoms with Crippen molar-refractivity contribution in [3.8, 4) is 0 Å². The van der Waals surface area contributed by atoms with Crippen molar-refractivity contribution in [1.29, 1.82) is 0 Å². The van der Waals surface area contributed by atoms with Gasteiger partial charge in [-0.2, -0.15) is 0 Å². The molecule has 1 saturated heterocycles. The fourth-order valence-electron chi connectivity index (χ4n) is 6.23. The minimum absolute atomic E-state index is 0.0823. The van der Waals surface area contributed by atoms with Crippen molar-refractivity contribution in [3.63, 3.8) is 0 Å². The number of amides is 3. The third kappa shape index (κ3) is 7.67. The number of alkyl carbamates (subject to hydrolysis) is 1. The van der Waals surface area contributed by atoms with E-state index in [1.165, 1.54) is 0 Å². The van der Waals surface area contributed by atoms with Crippen molar-refractivity contribution in [1.82, 2.24) is 16.0 Å². The number of hydrogen-bond acceptors (Lipinski definition) is 5. The van der Waals surface area contributed by atoms with Gasteiger partial charge < -0.3 is 25.5 Å². The molecule has 0 radical (unpaired) electrons. The smallest absolute Gasteiger partial charge is 0.408 e. The molecule has 1 aliphatic carbocycles. The third-order valence-electron chi connectivity index (χ3n) is 8.23. The van der Waals surface area contributed by atoms with Gasteiger partial charge in [-0.1, -0.05) is 80.8 Å². The minimum atomic E-state index is -0.913. The predicted octanol–water partition coefficient (Wildman–Crippen LogP) is 5.24. The molecule has 1 saturated carbocycles. The second kappa shape index (κ2) is 14.0. The Balaban J connectivity index is 1.54. The second-order valence-electron chi connectivity index (χ2n) is 11.7. The minimum Gasteiger partial charge on any atom is -0.440 e. The van der Waals surface area contributed by atoms with Gasteiger partial charge in [-0.15, -0.1) is 0 Å². The molecule has 4 rings (SSSR count). The average molecular weight is 582 g/mol. The van der Waals surface area contributed by atoms with Crippen LogP contribution in [0.3, 0.4) is 0 Å². The largest absolute Gasteiger partial charge is 0.440 e. The van der Waals surface area contributed by atoms with Crippen LogP contribution in [0, 0.1) is 11.8 Å². The maximum atomic E-state index is 13.5. The molecule has 1 heterocycles. The van der Waals surface area contributed by atoms with E-state index in [2.05, 4.69) is 16.0 Å². The number of halogens is 1. The third-order valence-corrected chi connectivity index (χ3v) is 8.47. The summed E-state index contributed by atoms with van der Waals surface area (Å²) < 4.78 is 6.24. The Labute approximate surface area is 246 Å². The summed E-state index contributed by atoms with van der Waals surface area (Å²) in [5.74, 6) is -0.835. The standard InChI is InChI=1S/C32H40ClN3O5/c1-21(2)17-27(30(39)35-26(20-37)18-23-13-16-34-29(23)38)36-31(40)41-28(22-9-4-3-5-10-22)32(14-6-7-15-32)24-11-8-12-25(33)19-24/h3-5,8-12,19-21,23,26-28H,6-7,13-18H2,1-2H3,(H,34,38)(H,35,39)(H,36,40)/t23-,26-,27-,28?/m0/s1. The van der Waals surface area contributed by atoms with Crippen LogP contribution in [0.4, 0.5) is 4.79 Å². The van der Waals surface area contributed by atoms with Gasteiger partial charge in [-0.05, 0) is 61.3 Å². The van der Waals surface area contributed by atoms with Crippen LogP contribution in [-0.4, -0.2) is 42.8 Å². The summed E-state index contributed by atoms with van der Waals surface area (Å²) in [4.78, 5) is 50.6. The number of ether oxygens (including phenoxy) is 1. The van der Waals surface area contributed by atoms with Crippen LogP contribution in [0.25, 0.3) is 0 Å². The topological polar surface area (TPSA) is 114 Å². The first-order valence-corrected chi connectivity index (χ1v) is 14.9. The average Bonchev–Trinajstić information content (AvgIpc) is 3.61. The van der Waals surface area contributed by atoms with Crippen LogP contribution in [0.1, 0.15) is 76.0 Å². The van der Waals surface area contributed by atoms with E-state index < -0.39 is 35.6 Å². The molecule has 220 valence electrons. The molecule has 0 spiro atoms. The first-order valence-electron chi connectivity index (χ1n) is 14.5. The normalized spacial score (nSPS) is 20.1. The van der Waals surface area contributed by atoms with E-state index in [9.17, 15) is 19.2 Å². The molecule has 41 heavy (non-hydrogen) atoms. The Kier molecular flexibility index (Phi) is 10.4. The SMILES string of the molecule is CC(C)C[C@H](NC(=O)OC(c1ccccc1)C1(c2cccc(Cl)c2)CCCC1)C(=O)N[C@H](C=O)C[C@@H]1CCNC1=O. The quantitative estimate of drug-likeness (QED) is 0.297. The fourth-order valence-corrected chi connectivity index (χ4v) is 6.42. The summed E-state index contributed by atoms with van der Waals surface area (Å²) in [5, 5.41) is 8.90. The molecule has 9 heteroatoms. The number of hydrogen-bond donors (Lipinski definition) is 3. The van der Waals surface area contributed by atoms with Gasteiger partial charge in [-0.25, -0.2) is 4.79 Å². The molecule has 4 atom stereocenters. The maximum absolute atomic E-state index is 13.5. The Morgan fingerprint density at radius 2 is 1.83 bits per heavy atom. The molecule has 3 amide bonds. The number of nitrogens with one attached hydrogen (secondary N) is 3. The second-order valence-corrected chi connectivity index (χ2v) is 12.1. The molecule has 8 nitrogen and oxygen atoms in total. The summed E-state index contributed by atoms with van der Waals surface area (Å²) in [6.45, 7) is 4.46. The lowest BCUT2D eigenvalue weighted by Crippen LogP contribution is -2.51. The van der Waals surface area contributed by atoms with Crippen LogP contribution < -0.4 is 16.0 Å². The van der Waals surface area contributed by atoms with Crippen molar-refractivity contribution >= 4 is 35.8 Å². The maximum Gasteiger partial charge on any atom is 0.408 e. The predicted molar refractivity (Wildman–Crippen MR) is 157 cm³/mol. The van der Waals surface area contributed by atoms with E-state index >= 15 is 0 Å². The van der Waals surface area contributed by atoms with Crippen molar-refractivity contribution in [2.45, 2.75) is 82.4 Å². The van der Waals surface area contributed by atoms with E-state index in [1.54, 1.807) is 0 Å². The van der Waals surface area contributed by atoms with Gasteiger partial charge in [0.1, 0.15) is 18.4 Å². The van der Waals surface area contributed by atoms with Crippen LogP contribution in [0.5, 0.6) is 0 Å². The van der Waals surface area contributed by atoms with Crippen LogP contribution in [-0.2, 0) is 24.5 Å². The zero-order valence-electron chi connectivity index (χ0n) is 23.7. The fraction of sp³-hybridized carbons (Fsp3) is 0.500. The van der Waals surface area contributed by atoms with Gasteiger partial charge in [0.05, 0.1) is 6.04 Å². The Bertz CT molecular complexity index is 1210. The molecule has 2 aromatic carbocycles. The molecule has 0 aromatic heterocycles. The first-order chi connectivity index (χ1) is 19.7. The van der Waals surface area contributed by atoms with Crippen LogP contribution in [0.2, 0.25) is 5.02 Å². The van der Waals surface area contributed by atoms with Crippen molar-refractivity contribution in [2.75, 3.05) is 6.54 Å². The highest BCUT2D eigenvalue weighted by atomic mass is 35.5. The highest BCUT2D eigenvalue weighted by Crippen LogP contribution is 2.51. The summed E-state index contributed by atoms with van der Waals surface area (Å²) in [7, 11) is 0. The Morgan fingerprint density at radius 3 is 2.44 bits per heavy atom. The molecule has 2 aliphatic rings. The van der Waals surface area contributed by atoms with Gasteiger partial charge in [0, 0.05) is 22.9 Å². The summed E-state index contributed by atoms with van der Waals surface area (Å²) in [6, 6.07) is 15.7. The lowest BCUT2D eigenvalue weighted by molar-refractivity contribution is -0.127. The molecule has 2 aromatic rings. The van der Waals surface area contributed by atoms with Crippen molar-refractivity contribution in [2.24, 2.45) is 11.8 Å². The van der Waals surface area contributed by atoms with Crippen molar-refractivity contribution < 1.29 is 23.9 Å². The van der Waals surface area contributed by atoms with E-state index in [0.29, 0.717) is 30.7 Å². The number of aldehydes is 1. The number of benzene rings is 2. The number of carbonyl (C=O) groups excluding carboxylic acids is 4. The van der Waals surface area contributed by atoms with Gasteiger partial charge in [0.15, 0.2) is 0 Å². The highest BCUT2D eigenvalue weighted by molar-refractivity contribution is 6.30. The zero-order chi connectivity index (χ0) is 29.4. The lowest BCUT2D eigenvalue weighted by atomic mass is 9.72. The molecule has 3 N–H and O–H groups in total. The van der Waals surface area contributed by atoms with Crippen LogP contribution in [0.15, 0.2) is 54.6 Å². The van der Waals surface area contributed by atoms with E-state index in [1.807, 2.05) is 68.4 Å². The monoisotopic (exact) mass is 581 g/mol. The van der Waals surface area contributed by atoms with Gasteiger partial charge in [-0.3, -0.25) is 9.59 Å². The highest BCUT2D eigenvalue weighted by Gasteiger charge is 2.46. The molecule has 2 fully saturated rings. The van der Waals surface area contributed by atoms with Crippen molar-refractivity contribution in [3.05, 3.63) is 70.7 Å². The van der Waals surface area contributed by atoms with Crippen LogP contribution >= 0.6 is 11.6 Å². The number of rotatable bonds is 12. The van der Waals surface area contributed by atoms with E-state index in [0.717, 1.165) is 36.8 Å². The summed E-state index contributed by atoms with van der Waals surface area (Å²) >= 11 is 6.40. The molecule has 1 aliphatic heterocycles. The van der Waals surface area contributed by atoms with E-state index in [4.69, 9.17) is 16.3 Å². The molecule has 1 unspecified atom stereocenters. The van der Waals surface area contributed by atoms with Gasteiger partial charge in [0.2, 0.25) is 11.8 Å². The molecule has 0 bridgehead atoms. The van der Waals surface area contributed by atoms with Gasteiger partial charge >= 0.3 is 6.09 Å².